The average molecular weight is 327 g/mol. The summed E-state index contributed by atoms with van der Waals surface area (Å²) in [5.41, 5.74) is -0.448. The van der Waals surface area contributed by atoms with Crippen molar-refractivity contribution in [2.45, 2.75) is 64.9 Å². The fourth-order valence-corrected chi connectivity index (χ4v) is 2.54. The number of hydrogen-bond donors (Lipinski definition) is 3. The smallest absolute Gasteiger partial charge is 0.407 e. The number of amides is 2. The Labute approximate surface area is 140 Å². The highest BCUT2D eigenvalue weighted by atomic mass is 16.6. The van der Waals surface area contributed by atoms with Gasteiger partial charge < -0.3 is 20.7 Å². The standard InChI is InChI=1S/C17H33N3O3/c1-17(2,3)23-16(22)20-12-7-5-4-6-11-19-15(21)14-9-8-10-18-13-14/h14,18H,4-13H2,1-3H3,(H,19,21)(H,20,22). The first-order valence-corrected chi connectivity index (χ1v) is 8.84. The summed E-state index contributed by atoms with van der Waals surface area (Å²) in [6.45, 7) is 8.77. The van der Waals surface area contributed by atoms with Gasteiger partial charge in [-0.15, -0.1) is 0 Å². The van der Waals surface area contributed by atoms with Gasteiger partial charge in [-0.25, -0.2) is 4.79 Å². The Balaban J connectivity index is 1.91. The zero-order valence-electron chi connectivity index (χ0n) is 14.9. The first-order valence-electron chi connectivity index (χ1n) is 8.84. The van der Waals surface area contributed by atoms with Gasteiger partial charge in [0.1, 0.15) is 5.60 Å². The van der Waals surface area contributed by atoms with Crippen molar-refractivity contribution in [2.24, 2.45) is 5.92 Å². The minimum absolute atomic E-state index is 0.141. The number of unbranched alkanes of at least 4 members (excludes halogenated alkanes) is 3. The normalized spacial score (nSPS) is 18.3. The van der Waals surface area contributed by atoms with Gasteiger partial charge >= 0.3 is 6.09 Å². The molecule has 0 aliphatic carbocycles. The molecule has 1 aliphatic heterocycles. The van der Waals surface area contributed by atoms with Crippen LogP contribution in [0.4, 0.5) is 4.79 Å². The van der Waals surface area contributed by atoms with E-state index in [1.54, 1.807) is 0 Å². The van der Waals surface area contributed by atoms with Gasteiger partial charge in [0.05, 0.1) is 5.92 Å². The molecule has 3 N–H and O–H groups in total. The summed E-state index contributed by atoms with van der Waals surface area (Å²) < 4.78 is 5.16. The molecule has 1 heterocycles. The van der Waals surface area contributed by atoms with Crippen molar-refractivity contribution in [2.75, 3.05) is 26.2 Å². The quantitative estimate of drug-likeness (QED) is 0.597. The number of carbonyl (C=O) groups is 2. The third-order valence-corrected chi connectivity index (χ3v) is 3.74. The maximum Gasteiger partial charge on any atom is 0.407 e. The molecule has 1 aliphatic rings. The van der Waals surface area contributed by atoms with E-state index in [0.29, 0.717) is 6.54 Å². The van der Waals surface area contributed by atoms with Gasteiger partial charge in [0, 0.05) is 19.6 Å². The second kappa shape index (κ2) is 10.5. The summed E-state index contributed by atoms with van der Waals surface area (Å²) in [5, 5.41) is 9.03. The van der Waals surface area contributed by atoms with Crippen LogP contribution in [0, 0.1) is 5.92 Å². The molecular weight excluding hydrogens is 294 g/mol. The number of rotatable bonds is 8. The number of alkyl carbamates (subject to hydrolysis) is 1. The van der Waals surface area contributed by atoms with E-state index in [4.69, 9.17) is 4.74 Å². The molecular formula is C17H33N3O3. The molecule has 6 nitrogen and oxygen atoms in total. The highest BCUT2D eigenvalue weighted by molar-refractivity contribution is 5.78. The van der Waals surface area contributed by atoms with Gasteiger partial charge in [0.15, 0.2) is 0 Å². The summed E-state index contributed by atoms with van der Waals surface area (Å²) in [7, 11) is 0. The van der Waals surface area contributed by atoms with Crippen molar-refractivity contribution in [3.05, 3.63) is 0 Å². The van der Waals surface area contributed by atoms with Gasteiger partial charge in [-0.2, -0.15) is 0 Å². The van der Waals surface area contributed by atoms with Crippen LogP contribution in [-0.2, 0) is 9.53 Å². The molecule has 0 bridgehead atoms. The van der Waals surface area contributed by atoms with Crippen LogP contribution < -0.4 is 16.0 Å². The maximum absolute atomic E-state index is 11.9. The van der Waals surface area contributed by atoms with E-state index in [1.807, 2.05) is 20.8 Å². The lowest BCUT2D eigenvalue weighted by molar-refractivity contribution is -0.125. The van der Waals surface area contributed by atoms with Crippen LogP contribution in [-0.4, -0.2) is 43.8 Å². The molecule has 0 aromatic carbocycles. The number of nitrogens with one attached hydrogen (secondary N) is 3. The van der Waals surface area contributed by atoms with Gasteiger partial charge in [-0.3, -0.25) is 4.79 Å². The lowest BCUT2D eigenvalue weighted by atomic mass is 9.99. The summed E-state index contributed by atoms with van der Waals surface area (Å²) in [5.74, 6) is 0.325. The van der Waals surface area contributed by atoms with E-state index in [0.717, 1.165) is 58.2 Å². The Morgan fingerprint density at radius 3 is 2.30 bits per heavy atom. The second-order valence-electron chi connectivity index (χ2n) is 7.18. The van der Waals surface area contributed by atoms with Crippen molar-refractivity contribution >= 4 is 12.0 Å². The molecule has 134 valence electrons. The Hall–Kier alpha value is -1.30. The topological polar surface area (TPSA) is 79.5 Å². The van der Waals surface area contributed by atoms with Crippen molar-refractivity contribution in [1.82, 2.24) is 16.0 Å². The highest BCUT2D eigenvalue weighted by Gasteiger charge is 2.20. The summed E-state index contributed by atoms with van der Waals surface area (Å²) in [6.07, 6.45) is 5.73. The summed E-state index contributed by atoms with van der Waals surface area (Å²) >= 11 is 0. The van der Waals surface area contributed by atoms with Crippen LogP contribution in [0.25, 0.3) is 0 Å². The number of piperidine rings is 1. The monoisotopic (exact) mass is 327 g/mol. The number of carbonyl (C=O) groups excluding carboxylic acids is 2. The Bertz CT molecular complexity index is 361. The zero-order chi connectivity index (χ0) is 17.1. The number of hydrogen-bond acceptors (Lipinski definition) is 4. The second-order valence-corrected chi connectivity index (χ2v) is 7.18. The molecule has 0 radical (unpaired) electrons. The van der Waals surface area contributed by atoms with E-state index in [-0.39, 0.29) is 17.9 Å². The Morgan fingerprint density at radius 2 is 1.74 bits per heavy atom. The van der Waals surface area contributed by atoms with Gasteiger partial charge in [0.25, 0.3) is 0 Å². The van der Waals surface area contributed by atoms with Crippen molar-refractivity contribution < 1.29 is 14.3 Å². The van der Waals surface area contributed by atoms with E-state index in [9.17, 15) is 9.59 Å². The van der Waals surface area contributed by atoms with E-state index < -0.39 is 5.60 Å². The van der Waals surface area contributed by atoms with Crippen LogP contribution in [0.15, 0.2) is 0 Å². The van der Waals surface area contributed by atoms with Crippen LogP contribution >= 0.6 is 0 Å². The van der Waals surface area contributed by atoms with Crippen LogP contribution in [0.2, 0.25) is 0 Å². The summed E-state index contributed by atoms with van der Waals surface area (Å²) in [6, 6.07) is 0. The van der Waals surface area contributed by atoms with Crippen LogP contribution in [0.3, 0.4) is 0 Å². The molecule has 0 spiro atoms. The SMILES string of the molecule is CC(C)(C)OC(=O)NCCCCCCNC(=O)C1CCCNC1. The van der Waals surface area contributed by atoms with Crippen molar-refractivity contribution in [1.29, 1.82) is 0 Å². The minimum atomic E-state index is -0.448. The fourth-order valence-electron chi connectivity index (χ4n) is 2.54. The third-order valence-electron chi connectivity index (χ3n) is 3.74. The first kappa shape index (κ1) is 19.7. The molecule has 1 fully saturated rings. The predicted octanol–water partition coefficient (Wildman–Crippen LogP) is 2.19. The molecule has 6 heteroatoms. The van der Waals surface area contributed by atoms with E-state index in [2.05, 4.69) is 16.0 Å². The molecule has 0 aromatic heterocycles. The molecule has 0 saturated carbocycles. The van der Waals surface area contributed by atoms with Gasteiger partial charge in [-0.05, 0) is 53.0 Å². The molecule has 1 rings (SSSR count). The van der Waals surface area contributed by atoms with E-state index >= 15 is 0 Å². The lowest BCUT2D eigenvalue weighted by Gasteiger charge is -2.21. The van der Waals surface area contributed by atoms with Crippen LogP contribution in [0.5, 0.6) is 0 Å². The molecule has 1 unspecified atom stereocenters. The lowest BCUT2D eigenvalue weighted by Crippen LogP contribution is -2.40. The van der Waals surface area contributed by atoms with Gasteiger partial charge in [-0.1, -0.05) is 12.8 Å². The summed E-state index contributed by atoms with van der Waals surface area (Å²) in [4.78, 5) is 23.3. The average Bonchev–Trinajstić information content (AvgIpc) is 2.48. The van der Waals surface area contributed by atoms with Crippen molar-refractivity contribution in [3.63, 3.8) is 0 Å². The molecule has 23 heavy (non-hydrogen) atoms. The van der Waals surface area contributed by atoms with Gasteiger partial charge in [0.2, 0.25) is 5.91 Å². The Kier molecular flexibility index (Phi) is 8.99. The molecule has 0 aromatic rings. The third kappa shape index (κ3) is 10.2. The molecule has 1 saturated heterocycles. The largest absolute Gasteiger partial charge is 0.444 e. The molecule has 1 atom stereocenters. The minimum Gasteiger partial charge on any atom is -0.444 e. The Morgan fingerprint density at radius 1 is 1.09 bits per heavy atom. The van der Waals surface area contributed by atoms with Crippen molar-refractivity contribution in [3.8, 4) is 0 Å². The first-order chi connectivity index (χ1) is 10.9. The zero-order valence-corrected chi connectivity index (χ0v) is 14.9. The maximum atomic E-state index is 11.9. The molecule has 2 amide bonds. The van der Waals surface area contributed by atoms with E-state index in [1.165, 1.54) is 0 Å². The highest BCUT2D eigenvalue weighted by Crippen LogP contribution is 2.10. The van der Waals surface area contributed by atoms with Crippen LogP contribution in [0.1, 0.15) is 59.3 Å². The number of ether oxygens (including phenoxy) is 1. The fraction of sp³-hybridized carbons (Fsp3) is 0.882. The predicted molar refractivity (Wildman–Crippen MR) is 91.3 cm³/mol.